The first-order valence-corrected chi connectivity index (χ1v) is 7.15. The van der Waals surface area contributed by atoms with Crippen molar-refractivity contribution in [3.05, 3.63) is 11.6 Å². The van der Waals surface area contributed by atoms with E-state index in [-0.39, 0.29) is 23.8 Å². The Labute approximate surface area is 111 Å². The van der Waals surface area contributed by atoms with E-state index in [0.29, 0.717) is 24.3 Å². The maximum absolute atomic E-state index is 11.6. The van der Waals surface area contributed by atoms with Gasteiger partial charge in [-0.05, 0) is 13.8 Å². The number of aliphatic hydroxyl groups excluding tert-OH is 1. The third-order valence-electron chi connectivity index (χ3n) is 2.98. The predicted octanol–water partition coefficient (Wildman–Crippen LogP) is 0.412. The number of fused-ring (bicyclic) bond motifs is 4. The number of anilines is 2. The van der Waals surface area contributed by atoms with E-state index in [1.54, 1.807) is 11.8 Å². The van der Waals surface area contributed by atoms with Gasteiger partial charge in [-0.2, -0.15) is 0 Å². The Kier molecular flexibility index (Phi) is 3.46. The van der Waals surface area contributed by atoms with Crippen LogP contribution in [0.15, 0.2) is 6.07 Å². The van der Waals surface area contributed by atoms with Crippen molar-refractivity contribution >= 4 is 21.8 Å². The fourth-order valence-corrected chi connectivity index (χ4v) is 2.78. The maximum Gasteiger partial charge on any atom is 0.501 e. The lowest BCUT2D eigenvalue weighted by atomic mass is 10.1. The molecule has 0 fully saturated rings. The molecule has 8 heteroatoms. The molecule has 0 radical (unpaired) electrons. The van der Waals surface area contributed by atoms with Crippen molar-refractivity contribution in [3.63, 3.8) is 0 Å². The minimum atomic E-state index is -4.15. The smallest absolute Gasteiger partial charge is 0.395 e. The van der Waals surface area contributed by atoms with Crippen molar-refractivity contribution in [1.29, 1.82) is 0 Å². The van der Waals surface area contributed by atoms with Crippen LogP contribution in [0.2, 0.25) is 0 Å². The van der Waals surface area contributed by atoms with Crippen LogP contribution in [0.25, 0.3) is 0 Å². The Balaban J connectivity index is 2.62. The van der Waals surface area contributed by atoms with Gasteiger partial charge in [0.25, 0.3) is 0 Å². The summed E-state index contributed by atoms with van der Waals surface area (Å²) in [5.41, 5.74) is 7.08. The number of nitrogen functional groups attached to an aromatic ring is 1. The van der Waals surface area contributed by atoms with Crippen LogP contribution in [-0.4, -0.2) is 33.2 Å². The molecule has 0 atom stereocenters. The highest BCUT2D eigenvalue weighted by Gasteiger charge is 2.31. The van der Waals surface area contributed by atoms with Gasteiger partial charge < -0.3 is 24.1 Å². The highest BCUT2D eigenvalue weighted by molar-refractivity contribution is 7.82. The summed E-state index contributed by atoms with van der Waals surface area (Å²) in [6.07, 6.45) is 0. The van der Waals surface area contributed by atoms with Crippen molar-refractivity contribution < 1.29 is 21.9 Å². The fourth-order valence-electron chi connectivity index (χ4n) is 1.97. The van der Waals surface area contributed by atoms with Gasteiger partial charge in [0.1, 0.15) is 0 Å². The number of hydrogen-bond donors (Lipinski definition) is 2. The van der Waals surface area contributed by atoms with Crippen molar-refractivity contribution in [2.24, 2.45) is 0 Å². The number of rotatable bonds is 4. The molecule has 0 aliphatic carbocycles. The minimum Gasteiger partial charge on any atom is -0.395 e. The van der Waals surface area contributed by atoms with Crippen molar-refractivity contribution in [1.82, 2.24) is 0 Å². The number of aliphatic hydroxyl groups is 1. The second kappa shape index (κ2) is 4.78. The van der Waals surface area contributed by atoms with Crippen molar-refractivity contribution in [3.8, 4) is 11.5 Å². The molecule has 2 heterocycles. The molecule has 1 aromatic rings. The number of likely N-dealkylation sites (N-methyl/N-ethyl adjacent to an activating group) is 1. The summed E-state index contributed by atoms with van der Waals surface area (Å²) in [6, 6.07) is 1.52. The molecule has 0 amide bonds. The van der Waals surface area contributed by atoms with Gasteiger partial charge in [-0.15, -0.1) is 8.42 Å². The molecular formula is C11H16N2O5S. The molecule has 2 bridgehead atoms. The Morgan fingerprint density at radius 2 is 2.11 bits per heavy atom. The molecule has 1 aromatic carbocycles. The van der Waals surface area contributed by atoms with E-state index in [1.165, 1.54) is 6.07 Å². The van der Waals surface area contributed by atoms with E-state index in [4.69, 9.17) is 19.2 Å². The lowest BCUT2D eigenvalue weighted by molar-refractivity contribution is 0.302. The monoisotopic (exact) mass is 288 g/mol. The number of hydrogen-bond acceptors (Lipinski definition) is 7. The zero-order chi connectivity index (χ0) is 14.2. The summed E-state index contributed by atoms with van der Waals surface area (Å²) in [5, 5.41) is 9.05. The molecule has 3 rings (SSSR count). The quantitative estimate of drug-likeness (QED) is 0.774. The van der Waals surface area contributed by atoms with Crippen LogP contribution in [0.5, 0.6) is 11.5 Å². The zero-order valence-electron chi connectivity index (χ0n) is 10.7. The predicted molar refractivity (Wildman–Crippen MR) is 70.7 cm³/mol. The molecule has 3 N–H and O–H groups in total. The second-order valence-electron chi connectivity index (χ2n) is 4.14. The standard InChI is InChI=1S/C11H16N2O5S/c1-3-13(4-5-14)8-6-9-10(12)7(2)11(8)18-19(15,16)17-9/h6,14H,3-5,12H2,1-2H3. The Bertz CT molecular complexity index is 600. The molecule has 0 aromatic heterocycles. The fraction of sp³-hybridized carbons (Fsp3) is 0.455. The summed E-state index contributed by atoms with van der Waals surface area (Å²) in [4.78, 5) is 1.79. The molecule has 0 spiro atoms. The highest BCUT2D eigenvalue weighted by Crippen LogP contribution is 2.45. The normalized spacial score (nSPS) is 15.5. The topological polar surface area (TPSA) is 102 Å². The summed E-state index contributed by atoms with van der Waals surface area (Å²) in [5.74, 6) is 0.194. The molecule has 106 valence electrons. The summed E-state index contributed by atoms with van der Waals surface area (Å²) in [7, 11) is -4.15. The van der Waals surface area contributed by atoms with Crippen LogP contribution in [-0.2, 0) is 10.4 Å². The van der Waals surface area contributed by atoms with Gasteiger partial charge in [0.05, 0.1) is 18.0 Å². The SMILES string of the molecule is CCN(CCO)c1cc2c(N)c(C)c1OS(=O)(=O)O2. The van der Waals surface area contributed by atoms with Gasteiger partial charge in [-0.1, -0.05) is 0 Å². The molecule has 2 aliphatic rings. The summed E-state index contributed by atoms with van der Waals surface area (Å²) in [6.45, 7) is 4.43. The van der Waals surface area contributed by atoms with E-state index < -0.39 is 10.4 Å². The van der Waals surface area contributed by atoms with E-state index >= 15 is 0 Å². The van der Waals surface area contributed by atoms with E-state index in [1.807, 2.05) is 6.92 Å². The van der Waals surface area contributed by atoms with E-state index in [0.717, 1.165) is 0 Å². The lowest BCUT2D eigenvalue weighted by Gasteiger charge is -2.24. The first-order chi connectivity index (χ1) is 8.89. The van der Waals surface area contributed by atoms with Crippen LogP contribution >= 0.6 is 0 Å². The largest absolute Gasteiger partial charge is 0.501 e. The third-order valence-corrected chi connectivity index (χ3v) is 3.73. The first-order valence-electron chi connectivity index (χ1n) is 5.82. The average molecular weight is 288 g/mol. The minimum absolute atomic E-state index is 0.0464. The van der Waals surface area contributed by atoms with Gasteiger partial charge in [-0.25, -0.2) is 0 Å². The van der Waals surface area contributed by atoms with E-state index in [2.05, 4.69) is 0 Å². The van der Waals surface area contributed by atoms with Gasteiger partial charge in [0, 0.05) is 24.7 Å². The maximum atomic E-state index is 11.6. The molecule has 0 unspecified atom stereocenters. The summed E-state index contributed by atoms with van der Waals surface area (Å²) >= 11 is 0. The van der Waals surface area contributed by atoms with Gasteiger partial charge >= 0.3 is 10.4 Å². The zero-order valence-corrected chi connectivity index (χ0v) is 11.5. The van der Waals surface area contributed by atoms with Crippen LogP contribution in [0.4, 0.5) is 11.4 Å². The molecular weight excluding hydrogens is 272 g/mol. The number of nitrogens with zero attached hydrogens (tertiary/aromatic N) is 1. The Morgan fingerprint density at radius 3 is 2.68 bits per heavy atom. The van der Waals surface area contributed by atoms with Gasteiger partial charge in [0.15, 0.2) is 11.5 Å². The molecule has 19 heavy (non-hydrogen) atoms. The lowest BCUT2D eigenvalue weighted by Crippen LogP contribution is -2.26. The van der Waals surface area contributed by atoms with Crippen LogP contribution in [0.1, 0.15) is 12.5 Å². The average Bonchev–Trinajstić information content (AvgIpc) is 2.53. The van der Waals surface area contributed by atoms with Crippen LogP contribution < -0.4 is 19.0 Å². The summed E-state index contributed by atoms with van der Waals surface area (Å²) < 4.78 is 32.8. The number of nitrogens with two attached hydrogens (primary N) is 1. The highest BCUT2D eigenvalue weighted by atomic mass is 32.3. The second-order valence-corrected chi connectivity index (χ2v) is 5.29. The third kappa shape index (κ3) is 2.41. The van der Waals surface area contributed by atoms with Gasteiger partial charge in [-0.3, -0.25) is 0 Å². The molecule has 2 aliphatic heterocycles. The van der Waals surface area contributed by atoms with E-state index in [9.17, 15) is 8.42 Å². The molecule has 0 saturated carbocycles. The van der Waals surface area contributed by atoms with Crippen molar-refractivity contribution in [2.75, 3.05) is 30.3 Å². The Hall–Kier alpha value is -1.67. The van der Waals surface area contributed by atoms with Crippen molar-refractivity contribution in [2.45, 2.75) is 13.8 Å². The first kappa shape index (κ1) is 13.8. The molecule has 7 nitrogen and oxygen atoms in total. The molecule has 0 saturated heterocycles. The van der Waals surface area contributed by atoms with Crippen LogP contribution in [0.3, 0.4) is 0 Å². The number of benzene rings is 1. The van der Waals surface area contributed by atoms with Gasteiger partial charge in [0.2, 0.25) is 0 Å². The van der Waals surface area contributed by atoms with Crippen LogP contribution in [0, 0.1) is 6.92 Å². The Morgan fingerprint density at radius 1 is 1.42 bits per heavy atom.